The van der Waals surface area contributed by atoms with Crippen LogP contribution in [0.4, 0.5) is 10.5 Å². The summed E-state index contributed by atoms with van der Waals surface area (Å²) in [7, 11) is 0. The molecule has 0 aliphatic carbocycles. The van der Waals surface area contributed by atoms with Crippen LogP contribution >= 0.6 is 0 Å². The van der Waals surface area contributed by atoms with Crippen molar-refractivity contribution in [2.24, 2.45) is 5.16 Å². The van der Waals surface area contributed by atoms with Gasteiger partial charge in [-0.15, -0.1) is 0 Å². The SMILES string of the molecule is CCC1=NO[C@H](CNC(=O)Nc2ccc(CN3CCOCC3)cc2)C1. The van der Waals surface area contributed by atoms with Gasteiger partial charge in [-0.25, -0.2) is 4.79 Å². The molecule has 0 unspecified atom stereocenters. The third kappa shape index (κ3) is 5.44. The molecule has 1 aromatic rings. The first kappa shape index (κ1) is 17.7. The van der Waals surface area contributed by atoms with Gasteiger partial charge in [-0.1, -0.05) is 24.2 Å². The summed E-state index contributed by atoms with van der Waals surface area (Å²) in [5.41, 5.74) is 3.06. The molecular formula is C18H26N4O3. The zero-order valence-corrected chi connectivity index (χ0v) is 14.7. The fourth-order valence-electron chi connectivity index (χ4n) is 2.90. The van der Waals surface area contributed by atoms with Gasteiger partial charge in [-0.3, -0.25) is 4.90 Å². The summed E-state index contributed by atoms with van der Waals surface area (Å²) in [5, 5.41) is 9.66. The second-order valence-corrected chi connectivity index (χ2v) is 6.36. The van der Waals surface area contributed by atoms with Crippen LogP contribution in [0.5, 0.6) is 0 Å². The summed E-state index contributed by atoms with van der Waals surface area (Å²) >= 11 is 0. The van der Waals surface area contributed by atoms with Gasteiger partial charge in [0.15, 0.2) is 0 Å². The van der Waals surface area contributed by atoms with E-state index in [1.165, 1.54) is 5.56 Å². The lowest BCUT2D eigenvalue weighted by atomic mass is 10.1. The first-order chi connectivity index (χ1) is 12.2. The molecule has 0 saturated carbocycles. The van der Waals surface area contributed by atoms with Crippen LogP contribution in [-0.2, 0) is 16.1 Å². The van der Waals surface area contributed by atoms with Gasteiger partial charge in [-0.05, 0) is 24.1 Å². The fourth-order valence-corrected chi connectivity index (χ4v) is 2.90. The van der Waals surface area contributed by atoms with Crippen LogP contribution in [-0.4, -0.2) is 55.6 Å². The predicted octanol–water partition coefficient (Wildman–Crippen LogP) is 2.20. The van der Waals surface area contributed by atoms with E-state index in [0.717, 1.165) is 57.1 Å². The van der Waals surface area contributed by atoms with Gasteiger partial charge in [0.1, 0.15) is 6.10 Å². The Kier molecular flexibility index (Phi) is 6.25. The molecular weight excluding hydrogens is 320 g/mol. The molecule has 1 atom stereocenters. The van der Waals surface area contributed by atoms with Gasteiger partial charge in [0.05, 0.1) is 25.5 Å². The normalized spacial score (nSPS) is 20.7. The Bertz CT molecular complexity index is 597. The van der Waals surface area contributed by atoms with Crippen molar-refractivity contribution in [3.05, 3.63) is 29.8 Å². The van der Waals surface area contributed by atoms with Crippen molar-refractivity contribution in [2.75, 3.05) is 38.2 Å². The average molecular weight is 346 g/mol. The molecule has 7 heteroatoms. The number of ether oxygens (including phenoxy) is 1. The maximum atomic E-state index is 12.0. The van der Waals surface area contributed by atoms with Crippen LogP contribution in [0, 0.1) is 0 Å². The van der Waals surface area contributed by atoms with Gasteiger partial charge in [0.25, 0.3) is 0 Å². The lowest BCUT2D eigenvalue weighted by Crippen LogP contribution is -2.35. The summed E-state index contributed by atoms with van der Waals surface area (Å²) in [6.07, 6.45) is 1.61. The number of morpholine rings is 1. The highest BCUT2D eigenvalue weighted by Gasteiger charge is 2.20. The molecule has 7 nitrogen and oxygen atoms in total. The molecule has 2 aliphatic heterocycles. The minimum Gasteiger partial charge on any atom is -0.390 e. The smallest absolute Gasteiger partial charge is 0.319 e. The Balaban J connectivity index is 1.39. The number of carbonyl (C=O) groups is 1. The Morgan fingerprint density at radius 2 is 2.04 bits per heavy atom. The monoisotopic (exact) mass is 346 g/mol. The van der Waals surface area contributed by atoms with Gasteiger partial charge in [-0.2, -0.15) is 0 Å². The first-order valence-corrected chi connectivity index (χ1v) is 8.88. The van der Waals surface area contributed by atoms with Gasteiger partial charge in [0, 0.05) is 31.7 Å². The number of nitrogens with one attached hydrogen (secondary N) is 2. The van der Waals surface area contributed by atoms with Crippen molar-refractivity contribution in [3.8, 4) is 0 Å². The predicted molar refractivity (Wildman–Crippen MR) is 96.8 cm³/mol. The van der Waals surface area contributed by atoms with Gasteiger partial charge in [0.2, 0.25) is 0 Å². The second-order valence-electron chi connectivity index (χ2n) is 6.36. The van der Waals surface area contributed by atoms with E-state index < -0.39 is 0 Å². The number of carbonyl (C=O) groups excluding carboxylic acids is 1. The van der Waals surface area contributed by atoms with Gasteiger partial charge < -0.3 is 20.2 Å². The molecule has 0 spiro atoms. The number of nitrogens with zero attached hydrogens (tertiary/aromatic N) is 2. The lowest BCUT2D eigenvalue weighted by Gasteiger charge is -2.26. The highest BCUT2D eigenvalue weighted by molar-refractivity contribution is 5.89. The van der Waals surface area contributed by atoms with E-state index in [1.807, 2.05) is 31.2 Å². The number of anilines is 1. The fraction of sp³-hybridized carbons (Fsp3) is 0.556. The van der Waals surface area contributed by atoms with E-state index in [4.69, 9.17) is 9.57 Å². The molecule has 1 fully saturated rings. The Hall–Kier alpha value is -2.12. The summed E-state index contributed by atoms with van der Waals surface area (Å²) in [5.74, 6) is 0. The van der Waals surface area contributed by atoms with Crippen LogP contribution in [0.3, 0.4) is 0 Å². The standard InChI is InChI=1S/C18H26N4O3/c1-2-15-11-17(25-21-15)12-19-18(23)20-16-5-3-14(4-6-16)13-22-7-9-24-10-8-22/h3-6,17H,2,7-13H2,1H3,(H2,19,20,23)/t17-/m0/s1. The van der Waals surface area contributed by atoms with Crippen molar-refractivity contribution in [2.45, 2.75) is 32.4 Å². The minimum atomic E-state index is -0.227. The van der Waals surface area contributed by atoms with Crippen LogP contribution in [0.25, 0.3) is 0 Å². The molecule has 25 heavy (non-hydrogen) atoms. The number of amides is 2. The maximum absolute atomic E-state index is 12.0. The second kappa shape index (κ2) is 8.82. The molecule has 0 bridgehead atoms. The number of hydrogen-bond acceptors (Lipinski definition) is 5. The van der Waals surface area contributed by atoms with E-state index >= 15 is 0 Å². The zero-order chi connectivity index (χ0) is 17.5. The molecule has 0 aromatic heterocycles. The molecule has 1 aromatic carbocycles. The summed E-state index contributed by atoms with van der Waals surface area (Å²) < 4.78 is 5.36. The third-order valence-corrected chi connectivity index (χ3v) is 4.41. The van der Waals surface area contributed by atoms with Crippen LogP contribution in [0.1, 0.15) is 25.3 Å². The molecule has 1 saturated heterocycles. The molecule has 2 N–H and O–H groups in total. The average Bonchev–Trinajstić information content (AvgIpc) is 3.11. The minimum absolute atomic E-state index is 0.0587. The van der Waals surface area contributed by atoms with E-state index in [-0.39, 0.29) is 12.1 Å². The van der Waals surface area contributed by atoms with E-state index in [9.17, 15) is 4.79 Å². The summed E-state index contributed by atoms with van der Waals surface area (Å²) in [4.78, 5) is 19.6. The van der Waals surface area contributed by atoms with E-state index in [1.54, 1.807) is 0 Å². The largest absolute Gasteiger partial charge is 0.390 e. The summed E-state index contributed by atoms with van der Waals surface area (Å²) in [6.45, 7) is 6.95. The third-order valence-electron chi connectivity index (χ3n) is 4.41. The number of rotatable bonds is 6. The van der Waals surface area contributed by atoms with Crippen molar-refractivity contribution in [3.63, 3.8) is 0 Å². The maximum Gasteiger partial charge on any atom is 0.319 e. The first-order valence-electron chi connectivity index (χ1n) is 8.88. The number of oxime groups is 1. The zero-order valence-electron chi connectivity index (χ0n) is 14.7. The van der Waals surface area contributed by atoms with E-state index in [0.29, 0.717) is 6.54 Å². The molecule has 2 heterocycles. The Morgan fingerprint density at radius 3 is 2.72 bits per heavy atom. The lowest BCUT2D eigenvalue weighted by molar-refractivity contribution is 0.0342. The van der Waals surface area contributed by atoms with Crippen molar-refractivity contribution >= 4 is 17.4 Å². The molecule has 2 aliphatic rings. The molecule has 2 amide bonds. The van der Waals surface area contributed by atoms with Crippen LogP contribution < -0.4 is 10.6 Å². The molecule has 136 valence electrons. The highest BCUT2D eigenvalue weighted by atomic mass is 16.6. The Labute approximate surface area is 148 Å². The number of hydrogen-bond donors (Lipinski definition) is 2. The quantitative estimate of drug-likeness (QED) is 0.828. The van der Waals surface area contributed by atoms with Gasteiger partial charge >= 0.3 is 6.03 Å². The molecule has 3 rings (SSSR count). The highest BCUT2D eigenvalue weighted by Crippen LogP contribution is 2.13. The van der Waals surface area contributed by atoms with Crippen LogP contribution in [0.2, 0.25) is 0 Å². The molecule has 0 radical (unpaired) electrons. The van der Waals surface area contributed by atoms with Crippen molar-refractivity contribution in [1.82, 2.24) is 10.2 Å². The number of benzene rings is 1. The van der Waals surface area contributed by atoms with E-state index in [2.05, 4.69) is 20.7 Å². The van der Waals surface area contributed by atoms with Crippen molar-refractivity contribution in [1.29, 1.82) is 0 Å². The number of urea groups is 1. The topological polar surface area (TPSA) is 75.2 Å². The summed E-state index contributed by atoms with van der Waals surface area (Å²) in [6, 6.07) is 7.73. The van der Waals surface area contributed by atoms with Crippen LogP contribution in [0.15, 0.2) is 29.4 Å². The Morgan fingerprint density at radius 1 is 1.28 bits per heavy atom. The van der Waals surface area contributed by atoms with Crippen molar-refractivity contribution < 1.29 is 14.4 Å².